The summed E-state index contributed by atoms with van der Waals surface area (Å²) in [6.45, 7) is 1.82. The highest BCUT2D eigenvalue weighted by molar-refractivity contribution is 7.90. The molecule has 0 radical (unpaired) electrons. The van der Waals surface area contributed by atoms with Gasteiger partial charge in [0.05, 0.1) is 42.9 Å². The molecule has 1 heterocycles. The Bertz CT molecular complexity index is 785. The smallest absolute Gasteiger partial charge is 0.303 e. The lowest BCUT2D eigenvalue weighted by Crippen LogP contribution is -3.00. The summed E-state index contributed by atoms with van der Waals surface area (Å²) in [7, 11) is -1.48. The molecule has 2 aromatic carbocycles. The highest BCUT2D eigenvalue weighted by atomic mass is 127. The Kier molecular flexibility index (Phi) is 15.9. The number of hydrogen-bond acceptors (Lipinski definition) is 2. The fraction of sp³-hybridized carbons (Fsp3) is 0.581. The van der Waals surface area contributed by atoms with E-state index in [2.05, 4.69) is 60.7 Å². The maximum absolute atomic E-state index is 10.6. The number of aliphatic carboxylic acids is 1. The highest BCUT2D eigenvalue weighted by Crippen LogP contribution is 2.63. The molecule has 0 amide bonds. The van der Waals surface area contributed by atoms with E-state index in [-0.39, 0.29) is 24.0 Å². The van der Waals surface area contributed by atoms with Crippen LogP contribution in [-0.4, -0.2) is 36.1 Å². The molecule has 0 unspecified atom stereocenters. The average molecular weight is 625 g/mol. The van der Waals surface area contributed by atoms with E-state index in [4.69, 9.17) is 9.84 Å². The molecule has 1 fully saturated rings. The van der Waals surface area contributed by atoms with E-state index in [1.165, 1.54) is 76.8 Å². The van der Waals surface area contributed by atoms with Crippen LogP contribution >= 0.6 is 7.26 Å². The fourth-order valence-corrected chi connectivity index (χ4v) is 11.0. The third-order valence-electron chi connectivity index (χ3n) is 7.65. The first-order valence-electron chi connectivity index (χ1n) is 14.0. The largest absolute Gasteiger partial charge is 1.00 e. The van der Waals surface area contributed by atoms with Gasteiger partial charge in [-0.3, -0.25) is 4.79 Å². The first-order chi connectivity index (χ1) is 17.2. The number of unbranched alkanes of at least 4 members (excludes halogenated alkanes) is 10. The van der Waals surface area contributed by atoms with Crippen molar-refractivity contribution in [2.24, 2.45) is 0 Å². The van der Waals surface area contributed by atoms with Crippen molar-refractivity contribution in [2.45, 2.75) is 95.6 Å². The molecule has 3 rings (SSSR count). The topological polar surface area (TPSA) is 46.5 Å². The summed E-state index contributed by atoms with van der Waals surface area (Å²) in [5.41, 5.74) is 0.733. The van der Waals surface area contributed by atoms with Crippen molar-refractivity contribution >= 4 is 23.8 Å². The summed E-state index contributed by atoms with van der Waals surface area (Å²) in [5, 5.41) is 11.9. The predicted octanol–water partition coefficient (Wildman–Crippen LogP) is 4.60. The number of benzene rings is 2. The molecular formula is C31H46IO3P. The molecule has 3 nitrogen and oxygen atoms in total. The van der Waals surface area contributed by atoms with E-state index in [9.17, 15) is 4.79 Å². The van der Waals surface area contributed by atoms with Crippen molar-refractivity contribution in [2.75, 3.05) is 19.4 Å². The number of carboxylic acids is 1. The molecule has 0 saturated carbocycles. The molecule has 1 N–H and O–H groups in total. The van der Waals surface area contributed by atoms with Gasteiger partial charge in [0, 0.05) is 19.3 Å². The van der Waals surface area contributed by atoms with Crippen LogP contribution in [0.15, 0.2) is 60.7 Å². The quantitative estimate of drug-likeness (QED) is 0.159. The summed E-state index contributed by atoms with van der Waals surface area (Å²) in [6.07, 6.45) is 17.7. The lowest BCUT2D eigenvalue weighted by molar-refractivity contribution is -0.137. The Morgan fingerprint density at radius 3 is 1.56 bits per heavy atom. The van der Waals surface area contributed by atoms with Crippen LogP contribution in [-0.2, 0) is 9.53 Å². The molecule has 2 aromatic rings. The second-order valence-corrected chi connectivity index (χ2v) is 14.1. The Hall–Kier alpha value is -0.970. The predicted molar refractivity (Wildman–Crippen MR) is 151 cm³/mol. The fourth-order valence-electron chi connectivity index (χ4n) is 5.75. The maximum Gasteiger partial charge on any atom is 0.303 e. The molecule has 0 bridgehead atoms. The standard InChI is InChI=1S/C31H45O3P.HI/c32-31(33)22-16-8-6-4-2-1-3-5-7-9-17-27-35(28-18-12-10-13-19-28,29-20-14-11-15-21-29)30-23-25-34-26-24-30;/h10-15,18-21,30H,1-9,16-17,22-27H2;1H. The Labute approximate surface area is 237 Å². The minimum atomic E-state index is -1.48. The molecule has 0 aromatic heterocycles. The van der Waals surface area contributed by atoms with Crippen LogP contribution in [0.1, 0.15) is 89.9 Å². The van der Waals surface area contributed by atoms with Crippen LogP contribution in [0, 0.1) is 0 Å². The van der Waals surface area contributed by atoms with E-state index in [0.717, 1.165) is 31.7 Å². The molecule has 36 heavy (non-hydrogen) atoms. The van der Waals surface area contributed by atoms with Crippen molar-refractivity contribution in [3.8, 4) is 0 Å². The number of ether oxygens (including phenoxy) is 1. The molecule has 1 aliphatic rings. The van der Waals surface area contributed by atoms with Gasteiger partial charge in [-0.1, -0.05) is 87.8 Å². The van der Waals surface area contributed by atoms with Crippen LogP contribution in [0.4, 0.5) is 0 Å². The van der Waals surface area contributed by atoms with Gasteiger partial charge in [0.2, 0.25) is 0 Å². The lowest BCUT2D eigenvalue weighted by atomic mass is 10.1. The molecule has 200 valence electrons. The molecule has 0 atom stereocenters. The van der Waals surface area contributed by atoms with Gasteiger partial charge in [0.1, 0.15) is 0 Å². The number of carbonyl (C=O) groups is 1. The van der Waals surface area contributed by atoms with Crippen molar-refractivity contribution in [1.82, 2.24) is 0 Å². The van der Waals surface area contributed by atoms with Gasteiger partial charge in [-0.05, 0) is 43.5 Å². The molecule has 1 aliphatic heterocycles. The van der Waals surface area contributed by atoms with Gasteiger partial charge < -0.3 is 33.8 Å². The number of carboxylic acid groups (broad SMARTS) is 1. The molecule has 5 heteroatoms. The number of hydrogen-bond donors (Lipinski definition) is 1. The van der Waals surface area contributed by atoms with Crippen LogP contribution in [0.2, 0.25) is 0 Å². The van der Waals surface area contributed by atoms with Crippen LogP contribution < -0.4 is 34.6 Å². The molecule has 1 saturated heterocycles. The SMILES string of the molecule is O=C(O)CCCCCCCCCCCCC[P+](c1ccccc1)(c1ccccc1)C1CCOCC1.[I-]. The van der Waals surface area contributed by atoms with Crippen LogP contribution in [0.25, 0.3) is 0 Å². The van der Waals surface area contributed by atoms with Gasteiger partial charge in [-0.25, -0.2) is 0 Å². The number of halogens is 1. The maximum atomic E-state index is 10.6. The van der Waals surface area contributed by atoms with E-state index < -0.39 is 13.2 Å². The average Bonchev–Trinajstić information content (AvgIpc) is 2.90. The highest BCUT2D eigenvalue weighted by Gasteiger charge is 2.49. The van der Waals surface area contributed by atoms with Crippen molar-refractivity contribution in [1.29, 1.82) is 0 Å². The zero-order chi connectivity index (χ0) is 24.6. The normalized spacial score (nSPS) is 14.3. The Balaban J connectivity index is 0.00000456. The summed E-state index contributed by atoms with van der Waals surface area (Å²) in [4.78, 5) is 10.6. The zero-order valence-corrected chi connectivity index (χ0v) is 25.0. The van der Waals surface area contributed by atoms with Gasteiger partial charge in [0.15, 0.2) is 0 Å². The first kappa shape index (κ1) is 31.2. The minimum absolute atomic E-state index is 0. The van der Waals surface area contributed by atoms with Gasteiger partial charge in [-0.15, -0.1) is 0 Å². The van der Waals surface area contributed by atoms with Gasteiger partial charge in [0.25, 0.3) is 0 Å². The zero-order valence-electron chi connectivity index (χ0n) is 22.0. The first-order valence-corrected chi connectivity index (χ1v) is 16.1. The Morgan fingerprint density at radius 2 is 1.11 bits per heavy atom. The second-order valence-electron chi connectivity index (χ2n) is 10.1. The minimum Gasteiger partial charge on any atom is -1.00 e. The summed E-state index contributed by atoms with van der Waals surface area (Å²) < 4.78 is 5.79. The third-order valence-corrected chi connectivity index (χ3v) is 12.9. The van der Waals surface area contributed by atoms with Crippen LogP contribution in [0.5, 0.6) is 0 Å². The second kappa shape index (κ2) is 18.3. The lowest BCUT2D eigenvalue weighted by Gasteiger charge is -2.37. The molecule has 0 aliphatic carbocycles. The van der Waals surface area contributed by atoms with Crippen molar-refractivity contribution in [3.05, 3.63) is 60.7 Å². The van der Waals surface area contributed by atoms with E-state index in [1.807, 2.05) is 0 Å². The Morgan fingerprint density at radius 1 is 0.694 bits per heavy atom. The van der Waals surface area contributed by atoms with Gasteiger partial charge >= 0.3 is 5.97 Å². The number of rotatable bonds is 17. The summed E-state index contributed by atoms with van der Waals surface area (Å²) in [6, 6.07) is 22.9. The van der Waals surface area contributed by atoms with E-state index >= 15 is 0 Å². The third kappa shape index (κ3) is 10.1. The summed E-state index contributed by atoms with van der Waals surface area (Å²) >= 11 is 0. The van der Waals surface area contributed by atoms with Crippen molar-refractivity contribution < 1.29 is 38.6 Å². The van der Waals surface area contributed by atoms with E-state index in [0.29, 0.717) is 6.42 Å². The monoisotopic (exact) mass is 624 g/mol. The van der Waals surface area contributed by atoms with E-state index in [1.54, 1.807) is 10.6 Å². The van der Waals surface area contributed by atoms with Crippen LogP contribution in [0.3, 0.4) is 0 Å². The molecular weight excluding hydrogens is 578 g/mol. The summed E-state index contributed by atoms with van der Waals surface area (Å²) in [5.74, 6) is -0.662. The van der Waals surface area contributed by atoms with Gasteiger partial charge in [-0.2, -0.15) is 0 Å². The van der Waals surface area contributed by atoms with Crippen molar-refractivity contribution in [3.63, 3.8) is 0 Å². The molecule has 0 spiro atoms.